The summed E-state index contributed by atoms with van der Waals surface area (Å²) >= 11 is 0. The molecule has 4 nitrogen and oxygen atoms in total. The highest BCUT2D eigenvalue weighted by molar-refractivity contribution is 5.93. The summed E-state index contributed by atoms with van der Waals surface area (Å²) in [6.45, 7) is 6.21. The Labute approximate surface area is 120 Å². The van der Waals surface area contributed by atoms with Gasteiger partial charge in [0.1, 0.15) is 0 Å². The molecule has 0 aliphatic carbocycles. The number of hydrogen-bond acceptors (Lipinski definition) is 3. The zero-order valence-corrected chi connectivity index (χ0v) is 12.1. The fourth-order valence-corrected chi connectivity index (χ4v) is 2.74. The smallest absolute Gasteiger partial charge is 0.230 e. The average molecular weight is 273 g/mol. The Morgan fingerprint density at radius 2 is 1.85 bits per heavy atom. The van der Waals surface area contributed by atoms with E-state index in [4.69, 9.17) is 0 Å². The molecule has 2 N–H and O–H groups in total. The summed E-state index contributed by atoms with van der Waals surface area (Å²) in [7, 11) is 0. The van der Waals surface area contributed by atoms with Crippen molar-refractivity contribution in [2.75, 3.05) is 36.4 Å². The molecule has 4 heteroatoms. The monoisotopic (exact) mass is 273 g/mol. The third kappa shape index (κ3) is 2.96. The third-order valence-corrected chi connectivity index (χ3v) is 4.44. The summed E-state index contributed by atoms with van der Waals surface area (Å²) in [6, 6.07) is 8.25. The lowest BCUT2D eigenvalue weighted by Gasteiger charge is -2.32. The Balaban J connectivity index is 1.58. The molecular weight excluding hydrogens is 250 g/mol. The first kappa shape index (κ1) is 13.4. The van der Waals surface area contributed by atoms with Crippen molar-refractivity contribution in [2.45, 2.75) is 19.8 Å². The third-order valence-electron chi connectivity index (χ3n) is 4.44. The van der Waals surface area contributed by atoms with Crippen LogP contribution in [-0.4, -0.2) is 32.1 Å². The van der Waals surface area contributed by atoms with Crippen molar-refractivity contribution in [3.8, 4) is 0 Å². The molecule has 1 aromatic carbocycles. The Kier molecular flexibility index (Phi) is 3.92. The minimum Gasteiger partial charge on any atom is -0.372 e. The van der Waals surface area contributed by atoms with E-state index in [1.54, 1.807) is 0 Å². The molecule has 0 radical (unpaired) electrons. The molecule has 108 valence electrons. The van der Waals surface area contributed by atoms with E-state index >= 15 is 0 Å². The maximum Gasteiger partial charge on any atom is 0.230 e. The van der Waals surface area contributed by atoms with Crippen LogP contribution in [0.25, 0.3) is 0 Å². The standard InChI is InChI=1S/C16H23N3O/c1-12-6-8-19(9-7-12)15-4-2-14(3-5-15)18-16(20)13-10-17-11-13/h2-5,12-13,17H,6-11H2,1H3,(H,18,20). The van der Waals surface area contributed by atoms with Gasteiger partial charge in [-0.1, -0.05) is 6.92 Å². The molecule has 1 aromatic rings. The molecule has 0 unspecified atom stereocenters. The van der Waals surface area contributed by atoms with Crippen molar-refractivity contribution in [1.29, 1.82) is 0 Å². The van der Waals surface area contributed by atoms with Gasteiger partial charge in [0.05, 0.1) is 5.92 Å². The average Bonchev–Trinajstić information content (AvgIpc) is 2.38. The summed E-state index contributed by atoms with van der Waals surface area (Å²) < 4.78 is 0. The number of rotatable bonds is 3. The number of nitrogens with zero attached hydrogens (tertiary/aromatic N) is 1. The summed E-state index contributed by atoms with van der Waals surface area (Å²) in [6.07, 6.45) is 2.54. The summed E-state index contributed by atoms with van der Waals surface area (Å²) in [4.78, 5) is 14.3. The van der Waals surface area contributed by atoms with Gasteiger partial charge in [0.25, 0.3) is 0 Å². The van der Waals surface area contributed by atoms with Crippen LogP contribution in [0.4, 0.5) is 11.4 Å². The Bertz CT molecular complexity index is 459. The van der Waals surface area contributed by atoms with Crippen LogP contribution in [0.1, 0.15) is 19.8 Å². The highest BCUT2D eigenvalue weighted by Crippen LogP contribution is 2.24. The number of nitrogens with one attached hydrogen (secondary N) is 2. The fraction of sp³-hybridized carbons (Fsp3) is 0.562. The number of carbonyl (C=O) groups excluding carboxylic acids is 1. The van der Waals surface area contributed by atoms with Gasteiger partial charge in [-0.25, -0.2) is 0 Å². The predicted octanol–water partition coefficient (Wildman–Crippen LogP) is 2.08. The number of hydrogen-bond donors (Lipinski definition) is 2. The highest BCUT2D eigenvalue weighted by Gasteiger charge is 2.24. The van der Waals surface area contributed by atoms with Gasteiger partial charge < -0.3 is 15.5 Å². The second-order valence-corrected chi connectivity index (χ2v) is 6.06. The number of amides is 1. The van der Waals surface area contributed by atoms with Crippen molar-refractivity contribution in [3.05, 3.63) is 24.3 Å². The quantitative estimate of drug-likeness (QED) is 0.886. The lowest BCUT2D eigenvalue weighted by molar-refractivity contribution is -0.121. The minimum atomic E-state index is 0.128. The van der Waals surface area contributed by atoms with Crippen LogP contribution in [0.15, 0.2) is 24.3 Å². The zero-order chi connectivity index (χ0) is 13.9. The lowest BCUT2D eigenvalue weighted by atomic mass is 9.99. The molecule has 2 heterocycles. The molecule has 20 heavy (non-hydrogen) atoms. The number of benzene rings is 1. The van der Waals surface area contributed by atoms with Gasteiger partial charge in [0, 0.05) is 37.6 Å². The van der Waals surface area contributed by atoms with Crippen LogP contribution in [0, 0.1) is 11.8 Å². The van der Waals surface area contributed by atoms with E-state index in [2.05, 4.69) is 34.6 Å². The largest absolute Gasteiger partial charge is 0.372 e. The lowest BCUT2D eigenvalue weighted by Crippen LogP contribution is -2.48. The number of carbonyl (C=O) groups is 1. The van der Waals surface area contributed by atoms with Crippen molar-refractivity contribution in [3.63, 3.8) is 0 Å². The van der Waals surface area contributed by atoms with Crippen molar-refractivity contribution in [1.82, 2.24) is 5.32 Å². The van der Waals surface area contributed by atoms with Gasteiger partial charge in [-0.15, -0.1) is 0 Å². The van der Waals surface area contributed by atoms with Crippen LogP contribution in [0.3, 0.4) is 0 Å². The molecule has 2 saturated heterocycles. The van der Waals surface area contributed by atoms with Crippen LogP contribution < -0.4 is 15.5 Å². The van der Waals surface area contributed by atoms with Crippen LogP contribution in [0.2, 0.25) is 0 Å². The molecule has 0 aromatic heterocycles. The molecule has 0 atom stereocenters. The summed E-state index contributed by atoms with van der Waals surface area (Å²) in [5.41, 5.74) is 2.16. The topological polar surface area (TPSA) is 44.4 Å². The Morgan fingerprint density at radius 1 is 1.20 bits per heavy atom. The maximum atomic E-state index is 11.9. The molecule has 2 aliphatic heterocycles. The van der Waals surface area contributed by atoms with E-state index in [1.165, 1.54) is 18.5 Å². The van der Waals surface area contributed by atoms with Crippen LogP contribution in [-0.2, 0) is 4.79 Å². The van der Waals surface area contributed by atoms with E-state index in [0.717, 1.165) is 37.8 Å². The molecule has 0 bridgehead atoms. The maximum absolute atomic E-state index is 11.9. The van der Waals surface area contributed by atoms with Gasteiger partial charge in [-0.3, -0.25) is 4.79 Å². The Morgan fingerprint density at radius 3 is 2.40 bits per heavy atom. The van der Waals surface area contributed by atoms with E-state index in [9.17, 15) is 4.79 Å². The normalized spacial score (nSPS) is 20.6. The second-order valence-electron chi connectivity index (χ2n) is 6.06. The van der Waals surface area contributed by atoms with Gasteiger partial charge in [0.15, 0.2) is 0 Å². The molecule has 0 saturated carbocycles. The fourth-order valence-electron chi connectivity index (χ4n) is 2.74. The van der Waals surface area contributed by atoms with Gasteiger partial charge >= 0.3 is 0 Å². The molecule has 1 amide bonds. The van der Waals surface area contributed by atoms with E-state index in [-0.39, 0.29) is 11.8 Å². The summed E-state index contributed by atoms with van der Waals surface area (Å²) in [5, 5.41) is 6.10. The van der Waals surface area contributed by atoms with Crippen molar-refractivity contribution in [2.24, 2.45) is 11.8 Å². The van der Waals surface area contributed by atoms with Gasteiger partial charge in [0.2, 0.25) is 5.91 Å². The van der Waals surface area contributed by atoms with Crippen molar-refractivity contribution >= 4 is 17.3 Å². The molecule has 0 spiro atoms. The molecule has 2 fully saturated rings. The minimum absolute atomic E-state index is 0.128. The number of piperidine rings is 1. The first-order chi connectivity index (χ1) is 9.72. The second kappa shape index (κ2) is 5.83. The van der Waals surface area contributed by atoms with E-state index in [0.29, 0.717) is 0 Å². The zero-order valence-electron chi connectivity index (χ0n) is 12.1. The first-order valence-electron chi connectivity index (χ1n) is 7.59. The molecular formula is C16H23N3O. The number of anilines is 2. The summed E-state index contributed by atoms with van der Waals surface area (Å²) in [5.74, 6) is 1.11. The molecule has 3 rings (SSSR count). The SMILES string of the molecule is CC1CCN(c2ccc(NC(=O)C3CNC3)cc2)CC1. The van der Waals surface area contributed by atoms with Gasteiger partial charge in [-0.05, 0) is 43.0 Å². The van der Waals surface area contributed by atoms with Crippen LogP contribution >= 0.6 is 0 Å². The predicted molar refractivity (Wildman–Crippen MR) is 82.0 cm³/mol. The van der Waals surface area contributed by atoms with Crippen molar-refractivity contribution < 1.29 is 4.79 Å². The van der Waals surface area contributed by atoms with E-state index < -0.39 is 0 Å². The first-order valence-corrected chi connectivity index (χ1v) is 7.59. The highest BCUT2D eigenvalue weighted by atomic mass is 16.2. The van der Waals surface area contributed by atoms with Crippen LogP contribution in [0.5, 0.6) is 0 Å². The van der Waals surface area contributed by atoms with Gasteiger partial charge in [-0.2, -0.15) is 0 Å². The van der Waals surface area contributed by atoms with E-state index in [1.807, 2.05) is 12.1 Å². The molecule has 2 aliphatic rings. The Hall–Kier alpha value is -1.55.